The van der Waals surface area contributed by atoms with Gasteiger partial charge < -0.3 is 0 Å². The summed E-state index contributed by atoms with van der Waals surface area (Å²) < 4.78 is 29.2. The number of carbonyl (C=O) groups is 1. The number of rotatable bonds is 7. The molecule has 4 aromatic rings. The topological polar surface area (TPSA) is 70.6 Å². The van der Waals surface area contributed by atoms with Crippen molar-refractivity contribution in [2.24, 2.45) is 5.92 Å². The molecule has 0 N–H and O–H groups in total. The van der Waals surface area contributed by atoms with Crippen LogP contribution in [0.4, 0.5) is 5.13 Å². The lowest BCUT2D eigenvalue weighted by Crippen LogP contribution is -2.44. The van der Waals surface area contributed by atoms with Gasteiger partial charge in [-0.25, -0.2) is 13.4 Å². The highest BCUT2D eigenvalue weighted by Gasteiger charge is 2.35. The Labute approximate surface area is 228 Å². The van der Waals surface area contributed by atoms with Gasteiger partial charge in [0, 0.05) is 23.9 Å². The molecule has 2 aromatic heterocycles. The standard InChI is InChI=1S/C25H24ClN3O3S4/c1-33-19-7-8-20-21(15-19)34-25(27-20)29(16-17-5-3-2-4-6-17)24(30)18-11-13-28(14-12-18)36(31,32)23-10-9-22(26)35-23/h2-10,15,18H,11-14,16H2,1H3. The predicted molar refractivity (Wildman–Crippen MR) is 150 cm³/mol. The summed E-state index contributed by atoms with van der Waals surface area (Å²) in [6, 6.07) is 19.1. The summed E-state index contributed by atoms with van der Waals surface area (Å²) in [5, 5.41) is 0.667. The maximum atomic E-state index is 13.8. The van der Waals surface area contributed by atoms with E-state index in [0.717, 1.165) is 32.0 Å². The maximum Gasteiger partial charge on any atom is 0.252 e. The molecule has 1 fully saturated rings. The summed E-state index contributed by atoms with van der Waals surface area (Å²) in [6.07, 6.45) is 2.96. The molecular weight excluding hydrogens is 554 g/mol. The van der Waals surface area contributed by atoms with E-state index < -0.39 is 10.0 Å². The molecule has 1 amide bonds. The monoisotopic (exact) mass is 577 g/mol. The van der Waals surface area contributed by atoms with E-state index in [1.54, 1.807) is 22.7 Å². The van der Waals surface area contributed by atoms with Crippen molar-refractivity contribution in [3.8, 4) is 0 Å². The number of hydrogen-bond donors (Lipinski definition) is 0. The van der Waals surface area contributed by atoms with E-state index in [2.05, 4.69) is 6.07 Å². The van der Waals surface area contributed by atoms with Gasteiger partial charge >= 0.3 is 0 Å². The number of thiazole rings is 1. The number of thioether (sulfide) groups is 1. The number of piperidine rings is 1. The van der Waals surface area contributed by atoms with Gasteiger partial charge in [-0.3, -0.25) is 9.69 Å². The molecule has 6 nitrogen and oxygen atoms in total. The molecule has 0 saturated carbocycles. The average Bonchev–Trinajstić information content (AvgIpc) is 3.53. The second-order valence-electron chi connectivity index (χ2n) is 8.48. The molecule has 5 rings (SSSR count). The van der Waals surface area contributed by atoms with Crippen LogP contribution >= 0.6 is 46.0 Å². The van der Waals surface area contributed by atoms with Crippen LogP contribution in [0.25, 0.3) is 10.2 Å². The average molecular weight is 578 g/mol. The van der Waals surface area contributed by atoms with E-state index in [-0.39, 0.29) is 16.0 Å². The fourth-order valence-electron chi connectivity index (χ4n) is 4.27. The van der Waals surface area contributed by atoms with Crippen LogP contribution in [-0.4, -0.2) is 43.0 Å². The summed E-state index contributed by atoms with van der Waals surface area (Å²) in [5.41, 5.74) is 1.89. The Kier molecular flexibility index (Phi) is 7.71. The fraction of sp³-hybridized carbons (Fsp3) is 0.280. The molecule has 188 valence electrons. The van der Waals surface area contributed by atoms with Gasteiger partial charge in [-0.15, -0.1) is 23.1 Å². The minimum atomic E-state index is -3.61. The van der Waals surface area contributed by atoms with Crippen molar-refractivity contribution in [3.05, 3.63) is 70.6 Å². The van der Waals surface area contributed by atoms with Crippen LogP contribution in [0.1, 0.15) is 18.4 Å². The number of anilines is 1. The molecule has 0 spiro atoms. The van der Waals surface area contributed by atoms with Gasteiger partial charge in [-0.1, -0.05) is 53.3 Å². The molecular formula is C25H24ClN3O3S4. The number of halogens is 1. The van der Waals surface area contributed by atoms with Crippen LogP contribution in [0.5, 0.6) is 0 Å². The molecule has 36 heavy (non-hydrogen) atoms. The number of nitrogens with zero attached hydrogens (tertiary/aromatic N) is 3. The third-order valence-corrected chi connectivity index (χ3v) is 11.6. The van der Waals surface area contributed by atoms with Crippen molar-refractivity contribution in [1.29, 1.82) is 0 Å². The van der Waals surface area contributed by atoms with Gasteiger partial charge in [0.2, 0.25) is 5.91 Å². The van der Waals surface area contributed by atoms with E-state index >= 15 is 0 Å². The zero-order valence-electron chi connectivity index (χ0n) is 19.5. The SMILES string of the molecule is CSc1ccc2nc(N(Cc3ccccc3)C(=O)C3CCN(S(=O)(=O)c4ccc(Cl)s4)CC3)sc2c1. The maximum absolute atomic E-state index is 13.8. The highest BCUT2D eigenvalue weighted by atomic mass is 35.5. The predicted octanol–water partition coefficient (Wildman–Crippen LogP) is 6.37. The summed E-state index contributed by atoms with van der Waals surface area (Å²) >= 11 is 10.2. The Morgan fingerprint density at radius 1 is 1.11 bits per heavy atom. The van der Waals surface area contributed by atoms with Crippen LogP contribution in [0.3, 0.4) is 0 Å². The molecule has 0 bridgehead atoms. The Balaban J connectivity index is 1.38. The molecule has 0 radical (unpaired) electrons. The minimum Gasteiger partial charge on any atom is -0.283 e. The zero-order valence-corrected chi connectivity index (χ0v) is 23.5. The third kappa shape index (κ3) is 5.34. The van der Waals surface area contributed by atoms with Crippen molar-refractivity contribution in [1.82, 2.24) is 9.29 Å². The van der Waals surface area contributed by atoms with E-state index in [0.29, 0.717) is 41.9 Å². The molecule has 0 aliphatic carbocycles. The zero-order chi connectivity index (χ0) is 25.3. The van der Waals surface area contributed by atoms with Crippen molar-refractivity contribution >= 4 is 77.3 Å². The first-order valence-corrected chi connectivity index (χ1v) is 16.1. The Morgan fingerprint density at radius 3 is 2.53 bits per heavy atom. The number of benzene rings is 2. The number of hydrogen-bond acceptors (Lipinski definition) is 7. The van der Waals surface area contributed by atoms with E-state index in [4.69, 9.17) is 16.6 Å². The number of sulfonamides is 1. The van der Waals surface area contributed by atoms with Crippen LogP contribution in [0.2, 0.25) is 4.34 Å². The number of amides is 1. The fourth-order valence-corrected chi connectivity index (χ4v) is 8.90. The van der Waals surface area contributed by atoms with Crippen molar-refractivity contribution < 1.29 is 13.2 Å². The molecule has 1 aliphatic heterocycles. The highest BCUT2D eigenvalue weighted by molar-refractivity contribution is 7.98. The first-order chi connectivity index (χ1) is 17.3. The number of carbonyl (C=O) groups excluding carboxylic acids is 1. The van der Waals surface area contributed by atoms with E-state index in [1.165, 1.54) is 21.7 Å². The lowest BCUT2D eigenvalue weighted by molar-refractivity contribution is -0.123. The van der Waals surface area contributed by atoms with E-state index in [1.807, 2.05) is 48.7 Å². The Bertz CT molecular complexity index is 1480. The molecule has 1 aliphatic rings. The molecule has 11 heteroatoms. The Morgan fingerprint density at radius 2 is 1.86 bits per heavy atom. The quantitative estimate of drug-likeness (QED) is 0.239. The van der Waals surface area contributed by atoms with E-state index in [9.17, 15) is 13.2 Å². The van der Waals surface area contributed by atoms with Gasteiger partial charge in [-0.2, -0.15) is 4.31 Å². The van der Waals surface area contributed by atoms with Gasteiger partial charge in [0.05, 0.1) is 21.1 Å². The van der Waals surface area contributed by atoms with Crippen LogP contribution in [0, 0.1) is 5.92 Å². The molecule has 3 heterocycles. The third-order valence-electron chi connectivity index (χ3n) is 6.21. The lowest BCUT2D eigenvalue weighted by atomic mass is 9.96. The molecule has 0 unspecified atom stereocenters. The Hall–Kier alpha value is -1.95. The van der Waals surface area contributed by atoms with Gasteiger partial charge in [-0.05, 0) is 55.0 Å². The summed E-state index contributed by atoms with van der Waals surface area (Å²) in [7, 11) is -3.61. The van der Waals surface area contributed by atoms with Crippen LogP contribution in [0.15, 0.2) is 69.8 Å². The second kappa shape index (κ2) is 10.8. The highest BCUT2D eigenvalue weighted by Crippen LogP contribution is 2.35. The van der Waals surface area contributed by atoms with Crippen molar-refractivity contribution in [3.63, 3.8) is 0 Å². The normalized spacial score (nSPS) is 15.4. The van der Waals surface area contributed by atoms with Crippen molar-refractivity contribution in [2.45, 2.75) is 28.5 Å². The summed E-state index contributed by atoms with van der Waals surface area (Å²) in [5.74, 6) is -0.292. The lowest BCUT2D eigenvalue weighted by Gasteiger charge is -2.32. The molecule has 1 saturated heterocycles. The minimum absolute atomic E-state index is 0.0146. The van der Waals surface area contributed by atoms with Crippen molar-refractivity contribution in [2.75, 3.05) is 24.2 Å². The van der Waals surface area contributed by atoms with Gasteiger partial charge in [0.1, 0.15) is 4.21 Å². The number of fused-ring (bicyclic) bond motifs is 1. The number of thiophene rings is 1. The molecule has 2 aromatic carbocycles. The summed E-state index contributed by atoms with van der Waals surface area (Å²) in [4.78, 5) is 21.6. The molecule has 0 atom stereocenters. The first-order valence-electron chi connectivity index (χ1n) is 11.4. The largest absolute Gasteiger partial charge is 0.283 e. The first kappa shape index (κ1) is 25.7. The van der Waals surface area contributed by atoms with Crippen LogP contribution < -0.4 is 4.90 Å². The number of aromatic nitrogens is 1. The second-order valence-corrected chi connectivity index (χ2v) is 14.2. The summed E-state index contributed by atoms with van der Waals surface area (Å²) in [6.45, 7) is 1.01. The smallest absolute Gasteiger partial charge is 0.252 e. The van der Waals surface area contributed by atoms with Crippen LogP contribution in [-0.2, 0) is 21.4 Å². The van der Waals surface area contributed by atoms with Gasteiger partial charge in [0.15, 0.2) is 5.13 Å². The van der Waals surface area contributed by atoms with Gasteiger partial charge in [0.25, 0.3) is 10.0 Å².